The van der Waals surface area contributed by atoms with Crippen molar-refractivity contribution in [2.45, 2.75) is 46.1 Å². The van der Waals surface area contributed by atoms with Crippen LogP contribution in [-0.4, -0.2) is 24.4 Å². The maximum absolute atomic E-state index is 9.69. The van der Waals surface area contributed by atoms with Crippen molar-refractivity contribution in [3.05, 3.63) is 0 Å². The van der Waals surface area contributed by atoms with E-state index in [9.17, 15) is 5.11 Å². The number of ether oxygens (including phenoxy) is 1. The molecule has 0 bridgehead atoms. The van der Waals surface area contributed by atoms with E-state index in [2.05, 4.69) is 20.8 Å². The molecule has 0 saturated carbocycles. The van der Waals surface area contributed by atoms with Crippen LogP contribution in [-0.2, 0) is 4.74 Å². The first-order chi connectivity index (χ1) is 5.99. The quantitative estimate of drug-likeness (QED) is 0.716. The van der Waals surface area contributed by atoms with E-state index in [0.717, 1.165) is 32.5 Å². The summed E-state index contributed by atoms with van der Waals surface area (Å²) in [5.74, 6) is 0.368. The Bertz CT molecular complexity index is 149. The van der Waals surface area contributed by atoms with E-state index in [1.54, 1.807) is 0 Å². The van der Waals surface area contributed by atoms with Gasteiger partial charge in [-0.3, -0.25) is 0 Å². The molecule has 0 aliphatic carbocycles. The standard InChI is InChI=1S/C11H22O2/c1-11(2,3)6-4-9-8-13-7-5-10(9)12/h9-10,12H,4-8H2,1-3H3. The second kappa shape index (κ2) is 4.43. The highest BCUT2D eigenvalue weighted by Gasteiger charge is 2.25. The fourth-order valence-electron chi connectivity index (χ4n) is 1.68. The highest BCUT2D eigenvalue weighted by Crippen LogP contribution is 2.27. The Morgan fingerprint density at radius 1 is 1.38 bits per heavy atom. The zero-order chi connectivity index (χ0) is 9.90. The summed E-state index contributed by atoms with van der Waals surface area (Å²) in [5.41, 5.74) is 0.372. The van der Waals surface area contributed by atoms with Crippen LogP contribution in [0.2, 0.25) is 0 Å². The molecule has 0 aromatic carbocycles. The van der Waals surface area contributed by atoms with Gasteiger partial charge in [0.15, 0.2) is 0 Å². The van der Waals surface area contributed by atoms with Crippen LogP contribution in [0.3, 0.4) is 0 Å². The maximum atomic E-state index is 9.69. The molecule has 2 atom stereocenters. The van der Waals surface area contributed by atoms with Crippen LogP contribution >= 0.6 is 0 Å². The lowest BCUT2D eigenvalue weighted by Crippen LogP contribution is -2.32. The summed E-state index contributed by atoms with van der Waals surface area (Å²) in [6.07, 6.45) is 2.94. The molecular weight excluding hydrogens is 164 g/mol. The molecule has 1 aliphatic heterocycles. The minimum Gasteiger partial charge on any atom is -0.393 e. The molecule has 78 valence electrons. The first kappa shape index (κ1) is 11.0. The van der Waals surface area contributed by atoms with Crippen molar-refractivity contribution in [3.63, 3.8) is 0 Å². The second-order valence-corrected chi connectivity index (χ2v) is 5.29. The van der Waals surface area contributed by atoms with Gasteiger partial charge < -0.3 is 9.84 Å². The Kier molecular flexibility index (Phi) is 3.74. The second-order valence-electron chi connectivity index (χ2n) is 5.29. The van der Waals surface area contributed by atoms with E-state index in [1.807, 2.05) is 0 Å². The third kappa shape index (κ3) is 4.10. The van der Waals surface area contributed by atoms with Gasteiger partial charge in [0.2, 0.25) is 0 Å². The molecule has 1 aliphatic rings. The van der Waals surface area contributed by atoms with E-state index >= 15 is 0 Å². The minimum absolute atomic E-state index is 0.129. The Hall–Kier alpha value is -0.0800. The van der Waals surface area contributed by atoms with Gasteiger partial charge in [-0.2, -0.15) is 0 Å². The third-order valence-corrected chi connectivity index (χ3v) is 2.70. The molecule has 0 amide bonds. The molecule has 1 heterocycles. The highest BCUT2D eigenvalue weighted by molar-refractivity contribution is 4.75. The van der Waals surface area contributed by atoms with Gasteiger partial charge in [0.25, 0.3) is 0 Å². The fourth-order valence-corrected chi connectivity index (χ4v) is 1.68. The molecule has 2 heteroatoms. The molecule has 1 saturated heterocycles. The van der Waals surface area contributed by atoms with Crippen molar-refractivity contribution in [2.24, 2.45) is 11.3 Å². The molecule has 13 heavy (non-hydrogen) atoms. The van der Waals surface area contributed by atoms with Crippen LogP contribution in [0, 0.1) is 11.3 Å². The zero-order valence-corrected chi connectivity index (χ0v) is 9.05. The van der Waals surface area contributed by atoms with Crippen molar-refractivity contribution in [1.82, 2.24) is 0 Å². The Balaban J connectivity index is 2.27. The normalized spacial score (nSPS) is 30.5. The number of rotatable bonds is 2. The summed E-state index contributed by atoms with van der Waals surface area (Å²) in [6.45, 7) is 8.19. The van der Waals surface area contributed by atoms with Crippen molar-refractivity contribution in [3.8, 4) is 0 Å². The third-order valence-electron chi connectivity index (χ3n) is 2.70. The van der Waals surface area contributed by atoms with Crippen LogP contribution in [0.4, 0.5) is 0 Å². The van der Waals surface area contributed by atoms with Gasteiger partial charge in [-0.1, -0.05) is 20.8 Å². The topological polar surface area (TPSA) is 29.5 Å². The summed E-state index contributed by atoms with van der Waals surface area (Å²) in [4.78, 5) is 0. The molecule has 1 N–H and O–H groups in total. The molecule has 0 aromatic rings. The lowest BCUT2D eigenvalue weighted by Gasteiger charge is -2.30. The van der Waals surface area contributed by atoms with Gasteiger partial charge >= 0.3 is 0 Å². The van der Waals surface area contributed by atoms with Gasteiger partial charge in [0, 0.05) is 12.5 Å². The fraction of sp³-hybridized carbons (Fsp3) is 1.00. The summed E-state index contributed by atoms with van der Waals surface area (Å²) in [7, 11) is 0. The van der Waals surface area contributed by atoms with Gasteiger partial charge in [0.05, 0.1) is 12.7 Å². The van der Waals surface area contributed by atoms with Crippen molar-refractivity contribution >= 4 is 0 Å². The van der Waals surface area contributed by atoms with E-state index in [1.165, 1.54) is 0 Å². The van der Waals surface area contributed by atoms with Crippen LogP contribution in [0.5, 0.6) is 0 Å². The van der Waals surface area contributed by atoms with E-state index in [4.69, 9.17) is 4.74 Å². The predicted molar refractivity (Wildman–Crippen MR) is 53.6 cm³/mol. The summed E-state index contributed by atoms with van der Waals surface area (Å²) in [6, 6.07) is 0. The number of aliphatic hydroxyl groups excluding tert-OH is 1. The van der Waals surface area contributed by atoms with Crippen LogP contribution in [0.1, 0.15) is 40.0 Å². The molecule has 1 rings (SSSR count). The van der Waals surface area contributed by atoms with Crippen molar-refractivity contribution in [1.29, 1.82) is 0 Å². The van der Waals surface area contributed by atoms with Crippen molar-refractivity contribution < 1.29 is 9.84 Å². The monoisotopic (exact) mass is 186 g/mol. The van der Waals surface area contributed by atoms with Gasteiger partial charge in [-0.25, -0.2) is 0 Å². The Morgan fingerprint density at radius 2 is 2.08 bits per heavy atom. The van der Waals surface area contributed by atoms with Gasteiger partial charge in [-0.15, -0.1) is 0 Å². The molecule has 0 aromatic heterocycles. The molecule has 2 unspecified atom stereocenters. The largest absolute Gasteiger partial charge is 0.393 e. The smallest absolute Gasteiger partial charge is 0.0612 e. The SMILES string of the molecule is CC(C)(C)CCC1COCCC1O. The number of aliphatic hydroxyl groups is 1. The van der Waals surface area contributed by atoms with Crippen LogP contribution in [0.15, 0.2) is 0 Å². The molecule has 0 radical (unpaired) electrons. The van der Waals surface area contributed by atoms with Crippen molar-refractivity contribution in [2.75, 3.05) is 13.2 Å². The first-order valence-electron chi connectivity index (χ1n) is 5.25. The van der Waals surface area contributed by atoms with E-state index in [0.29, 0.717) is 11.3 Å². The molecule has 0 spiro atoms. The lowest BCUT2D eigenvalue weighted by molar-refractivity contribution is -0.0412. The molecular formula is C11H22O2. The highest BCUT2D eigenvalue weighted by atomic mass is 16.5. The average Bonchev–Trinajstić information content (AvgIpc) is 2.01. The van der Waals surface area contributed by atoms with E-state index < -0.39 is 0 Å². The van der Waals surface area contributed by atoms with Crippen LogP contribution < -0.4 is 0 Å². The van der Waals surface area contributed by atoms with Gasteiger partial charge in [-0.05, 0) is 24.7 Å². The Labute approximate surface area is 81.3 Å². The predicted octanol–water partition coefficient (Wildman–Crippen LogP) is 2.21. The number of hydrogen-bond acceptors (Lipinski definition) is 2. The summed E-state index contributed by atoms with van der Waals surface area (Å²) >= 11 is 0. The number of hydrogen-bond donors (Lipinski definition) is 1. The van der Waals surface area contributed by atoms with E-state index in [-0.39, 0.29) is 6.10 Å². The first-order valence-corrected chi connectivity index (χ1v) is 5.25. The average molecular weight is 186 g/mol. The molecule has 1 fully saturated rings. The summed E-state index contributed by atoms with van der Waals surface area (Å²) < 4.78 is 5.36. The summed E-state index contributed by atoms with van der Waals surface area (Å²) in [5, 5.41) is 9.69. The minimum atomic E-state index is -0.129. The van der Waals surface area contributed by atoms with Crippen LogP contribution in [0.25, 0.3) is 0 Å². The maximum Gasteiger partial charge on any atom is 0.0612 e. The Morgan fingerprint density at radius 3 is 2.62 bits per heavy atom. The lowest BCUT2D eigenvalue weighted by atomic mass is 9.84. The van der Waals surface area contributed by atoms with Gasteiger partial charge in [0.1, 0.15) is 0 Å². The molecule has 2 nitrogen and oxygen atoms in total. The zero-order valence-electron chi connectivity index (χ0n) is 9.05.